The average molecular weight is 571 g/mol. The van der Waals surface area contributed by atoms with Crippen LogP contribution in [0.4, 0.5) is 0 Å². The van der Waals surface area contributed by atoms with Crippen LogP contribution in [0.15, 0.2) is 59.1 Å². The van der Waals surface area contributed by atoms with Gasteiger partial charge in [0.2, 0.25) is 0 Å². The first-order chi connectivity index (χ1) is 19.3. The molecule has 0 unspecified atom stereocenters. The van der Waals surface area contributed by atoms with E-state index in [-0.39, 0.29) is 18.3 Å². The van der Waals surface area contributed by atoms with Crippen LogP contribution in [0.1, 0.15) is 48.0 Å². The Morgan fingerprint density at radius 1 is 1.10 bits per heavy atom. The predicted octanol–water partition coefficient (Wildman–Crippen LogP) is 3.36. The summed E-state index contributed by atoms with van der Waals surface area (Å²) in [4.78, 5) is 18.0. The zero-order chi connectivity index (χ0) is 28.4. The molecule has 1 saturated heterocycles. The molecule has 0 saturated carbocycles. The molecule has 1 aromatic heterocycles. The van der Waals surface area contributed by atoms with Crippen molar-refractivity contribution < 1.29 is 32.4 Å². The largest absolute Gasteiger partial charge is 0.494 e. The Morgan fingerprint density at radius 3 is 2.45 bits per heavy atom. The number of carbonyl (C=O) groups is 1. The Morgan fingerprint density at radius 2 is 1.77 bits per heavy atom. The van der Waals surface area contributed by atoms with Crippen molar-refractivity contribution in [1.82, 2.24) is 20.5 Å². The van der Waals surface area contributed by atoms with Crippen LogP contribution >= 0.6 is 0 Å². The summed E-state index contributed by atoms with van der Waals surface area (Å²) in [6.07, 6.45) is 6.38. The smallest absolute Gasteiger partial charge is 0.267 e. The summed E-state index contributed by atoms with van der Waals surface area (Å²) in [6, 6.07) is 15.1. The van der Waals surface area contributed by atoms with E-state index >= 15 is 0 Å². The number of piperidine rings is 1. The van der Waals surface area contributed by atoms with Gasteiger partial charge < -0.3 is 14.0 Å². The number of ether oxygens (including phenoxy) is 2. The van der Waals surface area contributed by atoms with Gasteiger partial charge in [-0.3, -0.25) is 14.9 Å². The zero-order valence-corrected chi connectivity index (χ0v) is 23.2. The number of hydroxylamine groups is 1. The fraction of sp³-hybridized carbons (Fsp3) is 0.393. The Hall–Kier alpha value is -3.74. The molecule has 0 atom stereocenters. The van der Waals surface area contributed by atoms with Gasteiger partial charge in [0.05, 0.1) is 12.4 Å². The summed E-state index contributed by atoms with van der Waals surface area (Å²) in [6.45, 7) is 3.23. The summed E-state index contributed by atoms with van der Waals surface area (Å²) in [7, 11) is -2.96. The van der Waals surface area contributed by atoms with Crippen molar-refractivity contribution >= 4 is 21.8 Å². The lowest BCUT2D eigenvalue weighted by atomic mass is 9.96. The van der Waals surface area contributed by atoms with Crippen LogP contribution in [0.25, 0.3) is 6.08 Å². The lowest BCUT2D eigenvalue weighted by Crippen LogP contribution is -2.32. The molecule has 1 amide bonds. The van der Waals surface area contributed by atoms with Gasteiger partial charge >= 0.3 is 0 Å². The fourth-order valence-electron chi connectivity index (χ4n) is 4.33. The van der Waals surface area contributed by atoms with E-state index in [1.54, 1.807) is 35.8 Å². The minimum Gasteiger partial charge on any atom is -0.494 e. The maximum Gasteiger partial charge on any atom is 0.267 e. The van der Waals surface area contributed by atoms with Gasteiger partial charge in [-0.1, -0.05) is 29.4 Å². The molecule has 4 rings (SSSR count). The van der Waals surface area contributed by atoms with Crippen molar-refractivity contribution in [3.63, 3.8) is 0 Å². The van der Waals surface area contributed by atoms with E-state index in [9.17, 15) is 13.2 Å². The third-order valence-corrected chi connectivity index (χ3v) is 7.50. The lowest BCUT2D eigenvalue weighted by molar-refractivity contribution is -0.124. The van der Waals surface area contributed by atoms with E-state index in [2.05, 4.69) is 15.0 Å². The molecule has 2 aromatic carbocycles. The molecule has 214 valence electrons. The van der Waals surface area contributed by atoms with Crippen molar-refractivity contribution in [2.24, 2.45) is 0 Å². The maximum absolute atomic E-state index is 11.2. The van der Waals surface area contributed by atoms with Gasteiger partial charge in [0.1, 0.15) is 21.3 Å². The van der Waals surface area contributed by atoms with Crippen molar-refractivity contribution in [2.75, 3.05) is 31.7 Å². The summed E-state index contributed by atoms with van der Waals surface area (Å²) >= 11 is 0. The van der Waals surface area contributed by atoms with Crippen LogP contribution < -0.4 is 15.0 Å². The van der Waals surface area contributed by atoms with Crippen molar-refractivity contribution in [2.45, 2.75) is 38.3 Å². The van der Waals surface area contributed by atoms with Crippen LogP contribution in [0, 0.1) is 0 Å². The molecule has 1 aliphatic rings. The molecular formula is C28H34N4O7S. The highest BCUT2D eigenvalue weighted by atomic mass is 32.2. The SMILES string of the molecule is CS(=O)(=O)CCCOc1ccc(CN2CCC(c3noc(COc4ccc(C=CC(=O)NO)cc4)n3)CC2)cc1. The molecule has 3 aromatic rings. The number of hydrogen-bond donors (Lipinski definition) is 2. The second-order valence-corrected chi connectivity index (χ2v) is 12.0. The molecule has 0 radical (unpaired) electrons. The molecule has 2 heterocycles. The highest BCUT2D eigenvalue weighted by Gasteiger charge is 2.25. The minimum atomic E-state index is -2.96. The third kappa shape index (κ3) is 9.47. The number of rotatable bonds is 13. The van der Waals surface area contributed by atoms with Crippen molar-refractivity contribution in [3.8, 4) is 11.5 Å². The van der Waals surface area contributed by atoms with Gasteiger partial charge in [0.15, 0.2) is 12.4 Å². The van der Waals surface area contributed by atoms with Gasteiger partial charge in [-0.25, -0.2) is 13.9 Å². The number of nitrogens with one attached hydrogen (secondary N) is 1. The maximum atomic E-state index is 11.2. The Balaban J connectivity index is 1.17. The highest BCUT2D eigenvalue weighted by Crippen LogP contribution is 2.27. The molecule has 11 nitrogen and oxygen atoms in total. The van der Waals surface area contributed by atoms with E-state index in [0.29, 0.717) is 30.5 Å². The molecule has 1 aliphatic heterocycles. The number of benzene rings is 2. The predicted molar refractivity (Wildman–Crippen MR) is 148 cm³/mol. The number of aromatic nitrogens is 2. The molecule has 0 spiro atoms. The van der Waals surface area contributed by atoms with Crippen LogP contribution in [-0.4, -0.2) is 66.3 Å². The topological polar surface area (TPSA) is 144 Å². The standard InChI is InChI=1S/C28H34N4O7S/c1-40(35,36)18-2-17-37-24-10-5-22(6-11-24)19-32-15-13-23(14-16-32)28-29-27(39-31-28)20-38-25-8-3-21(4-9-25)7-12-26(33)30-34/h3-12,23,34H,2,13-20H2,1H3,(H,30,33). The van der Waals surface area contributed by atoms with Gasteiger partial charge in [-0.2, -0.15) is 4.98 Å². The molecule has 0 bridgehead atoms. The first kappa shape index (κ1) is 29.2. The van der Waals surface area contributed by atoms with Gasteiger partial charge in [0.25, 0.3) is 11.8 Å². The number of hydrogen-bond acceptors (Lipinski definition) is 10. The first-order valence-corrected chi connectivity index (χ1v) is 15.1. The monoisotopic (exact) mass is 570 g/mol. The number of amides is 1. The van der Waals surface area contributed by atoms with Gasteiger partial charge in [-0.05, 0) is 73.8 Å². The van der Waals surface area contributed by atoms with E-state index in [4.69, 9.17) is 19.2 Å². The van der Waals surface area contributed by atoms with Crippen LogP contribution in [0.3, 0.4) is 0 Å². The highest BCUT2D eigenvalue weighted by molar-refractivity contribution is 7.90. The summed E-state index contributed by atoms with van der Waals surface area (Å²) in [5.74, 6) is 2.26. The van der Waals surface area contributed by atoms with Gasteiger partial charge in [-0.15, -0.1) is 0 Å². The Kier molecular flexibility index (Phi) is 10.3. The van der Waals surface area contributed by atoms with Crippen LogP contribution in [0.5, 0.6) is 11.5 Å². The Labute approximate surface area is 233 Å². The Bertz CT molecular complexity index is 1360. The quantitative estimate of drug-likeness (QED) is 0.136. The molecule has 12 heteroatoms. The van der Waals surface area contributed by atoms with E-state index in [1.807, 2.05) is 24.3 Å². The molecular weight excluding hydrogens is 536 g/mol. The van der Waals surface area contributed by atoms with E-state index < -0.39 is 15.7 Å². The van der Waals surface area contributed by atoms with Crippen LogP contribution in [0.2, 0.25) is 0 Å². The van der Waals surface area contributed by atoms with Crippen LogP contribution in [-0.2, 0) is 27.8 Å². The van der Waals surface area contributed by atoms with Gasteiger partial charge in [0, 0.05) is 24.8 Å². The minimum absolute atomic E-state index is 0.129. The fourth-order valence-corrected chi connectivity index (χ4v) is 4.97. The molecule has 0 aliphatic carbocycles. The second kappa shape index (κ2) is 14.1. The number of likely N-dealkylation sites (tertiary alicyclic amines) is 1. The number of carbonyl (C=O) groups excluding carboxylic acids is 1. The second-order valence-electron chi connectivity index (χ2n) is 9.74. The summed E-state index contributed by atoms with van der Waals surface area (Å²) in [5, 5.41) is 12.7. The van der Waals surface area contributed by atoms with Crippen molar-refractivity contribution in [3.05, 3.63) is 77.4 Å². The first-order valence-electron chi connectivity index (χ1n) is 13.1. The molecule has 1 fully saturated rings. The van der Waals surface area contributed by atoms with E-state index in [1.165, 1.54) is 17.9 Å². The molecule has 40 heavy (non-hydrogen) atoms. The third-order valence-electron chi connectivity index (χ3n) is 6.47. The number of nitrogens with zero attached hydrogens (tertiary/aromatic N) is 3. The van der Waals surface area contributed by atoms with Crippen molar-refractivity contribution in [1.29, 1.82) is 0 Å². The molecule has 2 N–H and O–H groups in total. The summed E-state index contributed by atoms with van der Waals surface area (Å²) < 4.78 is 39.2. The zero-order valence-electron chi connectivity index (χ0n) is 22.4. The average Bonchev–Trinajstić information content (AvgIpc) is 3.43. The normalized spacial score (nSPS) is 14.8. The summed E-state index contributed by atoms with van der Waals surface area (Å²) in [5.41, 5.74) is 3.52. The lowest BCUT2D eigenvalue weighted by Gasteiger charge is -2.30. The number of sulfone groups is 1. The van der Waals surface area contributed by atoms with E-state index in [0.717, 1.165) is 43.8 Å².